The third-order valence-electron chi connectivity index (χ3n) is 4.72. The summed E-state index contributed by atoms with van der Waals surface area (Å²) in [6, 6.07) is 13.3. The standard InChI is InChI=1S/C21H23N3O2S/c1-4-15-6-9-17(10-7-15)24-20(26)18(27-21(24)22)12-19(25)23-16-8-5-13(2)14(3)11-16/h5-11,18,22H,4,12H2,1-3H3,(H,23,25)/t18-/m1/s1. The van der Waals surface area contributed by atoms with E-state index in [4.69, 9.17) is 5.41 Å². The third-order valence-corrected chi connectivity index (χ3v) is 5.78. The summed E-state index contributed by atoms with van der Waals surface area (Å²) >= 11 is 1.13. The van der Waals surface area contributed by atoms with Gasteiger partial charge in [-0.15, -0.1) is 0 Å². The van der Waals surface area contributed by atoms with E-state index in [0.29, 0.717) is 5.69 Å². The van der Waals surface area contributed by atoms with Crippen LogP contribution in [0.4, 0.5) is 11.4 Å². The molecule has 0 spiro atoms. The Hall–Kier alpha value is -2.60. The van der Waals surface area contributed by atoms with E-state index in [1.54, 1.807) is 0 Å². The summed E-state index contributed by atoms with van der Waals surface area (Å²) in [5.41, 5.74) is 4.83. The Labute approximate surface area is 163 Å². The Morgan fingerprint density at radius 2 is 1.85 bits per heavy atom. The molecule has 5 nitrogen and oxygen atoms in total. The van der Waals surface area contributed by atoms with Crippen molar-refractivity contribution in [2.45, 2.75) is 38.9 Å². The lowest BCUT2D eigenvalue weighted by Gasteiger charge is -2.16. The second kappa shape index (κ2) is 7.96. The number of amidine groups is 1. The fraction of sp³-hybridized carbons (Fsp3) is 0.286. The molecule has 1 aliphatic heterocycles. The first kappa shape index (κ1) is 19.2. The maximum atomic E-state index is 12.7. The van der Waals surface area contributed by atoms with Crippen LogP contribution in [0.25, 0.3) is 0 Å². The quantitative estimate of drug-likeness (QED) is 0.812. The molecule has 27 heavy (non-hydrogen) atoms. The van der Waals surface area contributed by atoms with Gasteiger partial charge in [-0.3, -0.25) is 19.9 Å². The SMILES string of the molecule is CCc1ccc(N2C(=N)S[C@H](CC(=O)Nc3ccc(C)c(C)c3)C2=O)cc1. The number of carbonyl (C=O) groups is 2. The van der Waals surface area contributed by atoms with Crippen molar-refractivity contribution in [1.29, 1.82) is 5.41 Å². The van der Waals surface area contributed by atoms with Crippen molar-refractivity contribution in [2.24, 2.45) is 0 Å². The zero-order valence-electron chi connectivity index (χ0n) is 15.7. The molecule has 0 aromatic heterocycles. The lowest BCUT2D eigenvalue weighted by atomic mass is 10.1. The molecule has 1 fully saturated rings. The molecule has 6 heteroatoms. The van der Waals surface area contributed by atoms with Gasteiger partial charge < -0.3 is 5.32 Å². The zero-order valence-corrected chi connectivity index (χ0v) is 16.5. The van der Waals surface area contributed by atoms with E-state index in [1.807, 2.05) is 56.3 Å². The van der Waals surface area contributed by atoms with Crippen molar-refractivity contribution in [2.75, 3.05) is 10.2 Å². The Balaban J connectivity index is 1.67. The van der Waals surface area contributed by atoms with Crippen molar-refractivity contribution >= 4 is 40.1 Å². The van der Waals surface area contributed by atoms with Crippen LogP contribution < -0.4 is 10.2 Å². The number of amides is 2. The molecule has 2 amide bonds. The van der Waals surface area contributed by atoms with E-state index in [2.05, 4.69) is 12.2 Å². The number of thioether (sulfide) groups is 1. The largest absolute Gasteiger partial charge is 0.326 e. The molecule has 0 saturated carbocycles. The lowest BCUT2D eigenvalue weighted by Crippen LogP contribution is -2.33. The normalized spacial score (nSPS) is 16.7. The summed E-state index contributed by atoms with van der Waals surface area (Å²) in [7, 11) is 0. The zero-order chi connectivity index (χ0) is 19.6. The fourth-order valence-corrected chi connectivity index (χ4v) is 3.95. The molecule has 2 N–H and O–H groups in total. The lowest BCUT2D eigenvalue weighted by molar-refractivity contribution is -0.121. The van der Waals surface area contributed by atoms with Gasteiger partial charge in [0.25, 0.3) is 0 Å². The first-order valence-electron chi connectivity index (χ1n) is 8.94. The number of aryl methyl sites for hydroxylation is 3. The van der Waals surface area contributed by atoms with Crippen molar-refractivity contribution in [3.63, 3.8) is 0 Å². The maximum Gasteiger partial charge on any atom is 0.247 e. The Bertz CT molecular complexity index is 893. The van der Waals surface area contributed by atoms with Gasteiger partial charge in [0, 0.05) is 12.1 Å². The number of carbonyl (C=O) groups excluding carboxylic acids is 2. The van der Waals surface area contributed by atoms with E-state index in [9.17, 15) is 9.59 Å². The van der Waals surface area contributed by atoms with Gasteiger partial charge in [-0.25, -0.2) is 0 Å². The molecule has 0 unspecified atom stereocenters. The van der Waals surface area contributed by atoms with Crippen LogP contribution in [0.2, 0.25) is 0 Å². The molecule has 2 aromatic carbocycles. The van der Waals surface area contributed by atoms with Gasteiger partial charge in [0.2, 0.25) is 11.8 Å². The van der Waals surface area contributed by atoms with Crippen LogP contribution in [0, 0.1) is 19.3 Å². The number of hydrogen-bond acceptors (Lipinski definition) is 4. The van der Waals surface area contributed by atoms with Crippen molar-refractivity contribution in [1.82, 2.24) is 0 Å². The first-order valence-corrected chi connectivity index (χ1v) is 9.82. The molecular weight excluding hydrogens is 358 g/mol. The second-order valence-corrected chi connectivity index (χ2v) is 7.85. The number of hydrogen-bond donors (Lipinski definition) is 2. The van der Waals surface area contributed by atoms with Crippen LogP contribution in [-0.2, 0) is 16.0 Å². The number of nitrogens with zero attached hydrogens (tertiary/aromatic N) is 1. The predicted molar refractivity (Wildman–Crippen MR) is 112 cm³/mol. The van der Waals surface area contributed by atoms with E-state index in [0.717, 1.165) is 35.0 Å². The molecular formula is C21H23N3O2S. The molecule has 1 atom stereocenters. The molecule has 140 valence electrons. The van der Waals surface area contributed by atoms with Gasteiger partial charge in [0.1, 0.15) is 5.25 Å². The van der Waals surface area contributed by atoms with Gasteiger partial charge in [-0.1, -0.05) is 36.9 Å². The smallest absolute Gasteiger partial charge is 0.247 e. The van der Waals surface area contributed by atoms with Crippen molar-refractivity contribution in [3.8, 4) is 0 Å². The molecule has 0 aliphatic carbocycles. The number of rotatable bonds is 5. The van der Waals surface area contributed by atoms with E-state index in [-0.39, 0.29) is 23.4 Å². The van der Waals surface area contributed by atoms with Gasteiger partial charge in [0.05, 0.1) is 5.69 Å². The fourth-order valence-electron chi connectivity index (χ4n) is 2.94. The minimum absolute atomic E-state index is 0.0440. The predicted octanol–water partition coefficient (Wildman–Crippen LogP) is 4.28. The van der Waals surface area contributed by atoms with Crippen LogP contribution in [-0.4, -0.2) is 22.2 Å². The highest BCUT2D eigenvalue weighted by molar-refractivity contribution is 8.16. The highest BCUT2D eigenvalue weighted by Gasteiger charge is 2.39. The molecule has 1 aliphatic rings. The maximum absolute atomic E-state index is 12.7. The van der Waals surface area contributed by atoms with Crippen LogP contribution in [0.3, 0.4) is 0 Å². The van der Waals surface area contributed by atoms with Crippen molar-refractivity contribution in [3.05, 3.63) is 59.2 Å². The third kappa shape index (κ3) is 4.22. The molecule has 1 heterocycles. The number of anilines is 2. The average molecular weight is 382 g/mol. The van der Waals surface area contributed by atoms with E-state index in [1.165, 1.54) is 10.5 Å². The highest BCUT2D eigenvalue weighted by atomic mass is 32.2. The van der Waals surface area contributed by atoms with Crippen molar-refractivity contribution < 1.29 is 9.59 Å². The Morgan fingerprint density at radius 3 is 2.48 bits per heavy atom. The highest BCUT2D eigenvalue weighted by Crippen LogP contribution is 2.33. The van der Waals surface area contributed by atoms with Crippen LogP contribution in [0.15, 0.2) is 42.5 Å². The minimum Gasteiger partial charge on any atom is -0.326 e. The van der Waals surface area contributed by atoms with Gasteiger partial charge in [-0.2, -0.15) is 0 Å². The Kier molecular flexibility index (Phi) is 5.65. The van der Waals surface area contributed by atoms with E-state index >= 15 is 0 Å². The molecule has 0 bridgehead atoms. The summed E-state index contributed by atoms with van der Waals surface area (Å²) in [4.78, 5) is 26.5. The number of benzene rings is 2. The molecule has 3 rings (SSSR count). The molecule has 2 aromatic rings. The summed E-state index contributed by atoms with van der Waals surface area (Å²) < 4.78 is 0. The topological polar surface area (TPSA) is 73.3 Å². The first-order chi connectivity index (χ1) is 12.9. The van der Waals surface area contributed by atoms with Gasteiger partial charge in [-0.05, 0) is 61.2 Å². The minimum atomic E-state index is -0.574. The molecule has 1 saturated heterocycles. The summed E-state index contributed by atoms with van der Waals surface area (Å²) in [5.74, 6) is -0.440. The van der Waals surface area contributed by atoms with Crippen LogP contribution >= 0.6 is 11.8 Å². The Morgan fingerprint density at radius 1 is 1.15 bits per heavy atom. The number of nitrogens with one attached hydrogen (secondary N) is 2. The van der Waals surface area contributed by atoms with Crippen LogP contribution in [0.1, 0.15) is 30.0 Å². The van der Waals surface area contributed by atoms with Gasteiger partial charge >= 0.3 is 0 Å². The van der Waals surface area contributed by atoms with Crippen LogP contribution in [0.5, 0.6) is 0 Å². The summed E-state index contributed by atoms with van der Waals surface area (Å²) in [6.45, 7) is 6.07. The summed E-state index contributed by atoms with van der Waals surface area (Å²) in [6.07, 6.45) is 0.962. The molecule has 0 radical (unpaired) electrons. The van der Waals surface area contributed by atoms with E-state index < -0.39 is 5.25 Å². The second-order valence-electron chi connectivity index (χ2n) is 6.66. The summed E-state index contributed by atoms with van der Waals surface area (Å²) in [5, 5.41) is 10.6. The monoisotopic (exact) mass is 381 g/mol. The van der Waals surface area contributed by atoms with Gasteiger partial charge in [0.15, 0.2) is 5.17 Å². The average Bonchev–Trinajstić information content (AvgIpc) is 2.91.